The molecule has 0 spiro atoms. The summed E-state index contributed by atoms with van der Waals surface area (Å²) < 4.78 is 6.66. The van der Waals surface area contributed by atoms with Gasteiger partial charge in [-0.1, -0.05) is 19.9 Å². The molecule has 0 aliphatic carbocycles. The Morgan fingerprint density at radius 2 is 2.00 bits per heavy atom. The Bertz CT molecular complexity index is 409. The Kier molecular flexibility index (Phi) is 7.56. The number of aliphatic hydroxyl groups is 1. The van der Waals surface area contributed by atoms with Gasteiger partial charge in [0.25, 0.3) is 0 Å². The van der Waals surface area contributed by atoms with Gasteiger partial charge in [-0.3, -0.25) is 0 Å². The van der Waals surface area contributed by atoms with Crippen LogP contribution in [0.3, 0.4) is 0 Å². The third kappa shape index (κ3) is 6.73. The predicted octanol–water partition coefficient (Wildman–Crippen LogP) is 3.98. The molecule has 0 saturated carbocycles. The van der Waals surface area contributed by atoms with E-state index < -0.39 is 6.10 Å². The zero-order valence-corrected chi connectivity index (χ0v) is 14.4. The highest BCUT2D eigenvalue weighted by molar-refractivity contribution is 9.10. The standard InChI is InChI=1S/C16H26BrNO2/c1-11(2)7-13(4)20-10-14(19)9-18-16-8-12(3)5-6-15(16)17/h5-6,8,11,13-14,18-19H,7,9-10H2,1-4H3. The van der Waals surface area contributed by atoms with Crippen LogP contribution in [0, 0.1) is 12.8 Å². The molecule has 0 saturated heterocycles. The number of rotatable bonds is 8. The number of halogens is 1. The maximum atomic E-state index is 9.95. The van der Waals surface area contributed by atoms with Gasteiger partial charge in [-0.05, 0) is 59.8 Å². The number of anilines is 1. The Morgan fingerprint density at radius 1 is 1.30 bits per heavy atom. The van der Waals surface area contributed by atoms with Crippen molar-refractivity contribution in [3.63, 3.8) is 0 Å². The Hall–Kier alpha value is -0.580. The Morgan fingerprint density at radius 3 is 2.65 bits per heavy atom. The van der Waals surface area contributed by atoms with E-state index in [0.29, 0.717) is 19.1 Å². The van der Waals surface area contributed by atoms with Crippen molar-refractivity contribution in [1.29, 1.82) is 0 Å². The first-order valence-corrected chi connectivity index (χ1v) is 7.97. The van der Waals surface area contributed by atoms with E-state index in [1.165, 1.54) is 5.56 Å². The summed E-state index contributed by atoms with van der Waals surface area (Å²) in [6.07, 6.45) is 0.705. The van der Waals surface area contributed by atoms with Gasteiger partial charge < -0.3 is 15.2 Å². The maximum absolute atomic E-state index is 9.95. The van der Waals surface area contributed by atoms with Crippen molar-refractivity contribution in [1.82, 2.24) is 0 Å². The molecule has 3 nitrogen and oxygen atoms in total. The summed E-state index contributed by atoms with van der Waals surface area (Å²) >= 11 is 3.49. The highest BCUT2D eigenvalue weighted by Crippen LogP contribution is 2.23. The molecule has 1 aromatic carbocycles. The lowest BCUT2D eigenvalue weighted by Gasteiger charge is -2.19. The summed E-state index contributed by atoms with van der Waals surface area (Å²) in [6, 6.07) is 6.10. The molecule has 2 atom stereocenters. The molecule has 0 aliphatic heterocycles. The van der Waals surface area contributed by atoms with Gasteiger partial charge in [-0.15, -0.1) is 0 Å². The van der Waals surface area contributed by atoms with Crippen molar-refractivity contribution in [3.05, 3.63) is 28.2 Å². The van der Waals surface area contributed by atoms with Crippen molar-refractivity contribution in [2.75, 3.05) is 18.5 Å². The smallest absolute Gasteiger partial charge is 0.0945 e. The fourth-order valence-electron chi connectivity index (χ4n) is 2.07. The lowest BCUT2D eigenvalue weighted by molar-refractivity contribution is -0.00444. The second kappa shape index (κ2) is 8.65. The number of hydrogen-bond acceptors (Lipinski definition) is 3. The van der Waals surface area contributed by atoms with Crippen LogP contribution in [0.1, 0.15) is 32.8 Å². The molecule has 0 amide bonds. The van der Waals surface area contributed by atoms with Crippen molar-refractivity contribution in [3.8, 4) is 0 Å². The van der Waals surface area contributed by atoms with E-state index in [4.69, 9.17) is 4.74 Å². The zero-order valence-electron chi connectivity index (χ0n) is 12.8. The third-order valence-electron chi connectivity index (χ3n) is 3.03. The van der Waals surface area contributed by atoms with Crippen LogP contribution in [0.25, 0.3) is 0 Å². The summed E-state index contributed by atoms with van der Waals surface area (Å²) in [4.78, 5) is 0. The summed E-state index contributed by atoms with van der Waals surface area (Å²) in [5, 5.41) is 13.2. The van der Waals surface area contributed by atoms with Crippen LogP contribution in [0.15, 0.2) is 22.7 Å². The number of benzene rings is 1. The Balaban J connectivity index is 2.32. The first-order valence-electron chi connectivity index (χ1n) is 7.18. The van der Waals surface area contributed by atoms with Gasteiger partial charge in [-0.2, -0.15) is 0 Å². The first kappa shape index (κ1) is 17.5. The van der Waals surface area contributed by atoms with E-state index in [0.717, 1.165) is 16.6 Å². The predicted molar refractivity (Wildman–Crippen MR) is 88.2 cm³/mol. The van der Waals surface area contributed by atoms with Crippen molar-refractivity contribution >= 4 is 21.6 Å². The van der Waals surface area contributed by atoms with E-state index >= 15 is 0 Å². The number of hydrogen-bond donors (Lipinski definition) is 2. The van der Waals surface area contributed by atoms with Gasteiger partial charge >= 0.3 is 0 Å². The highest BCUT2D eigenvalue weighted by Gasteiger charge is 2.10. The first-order chi connectivity index (χ1) is 9.38. The van der Waals surface area contributed by atoms with Gasteiger partial charge in [0.1, 0.15) is 0 Å². The summed E-state index contributed by atoms with van der Waals surface area (Å²) in [5.74, 6) is 0.614. The Labute approximate surface area is 130 Å². The van der Waals surface area contributed by atoms with E-state index in [1.54, 1.807) is 0 Å². The second-order valence-electron chi connectivity index (χ2n) is 5.79. The molecule has 0 radical (unpaired) electrons. The number of aliphatic hydroxyl groups excluding tert-OH is 1. The maximum Gasteiger partial charge on any atom is 0.0945 e. The van der Waals surface area contributed by atoms with Crippen LogP contribution in [0.4, 0.5) is 5.69 Å². The lowest BCUT2D eigenvalue weighted by atomic mass is 10.1. The average molecular weight is 344 g/mol. The molecule has 0 fully saturated rings. The minimum absolute atomic E-state index is 0.190. The monoisotopic (exact) mass is 343 g/mol. The fourth-order valence-corrected chi connectivity index (χ4v) is 2.46. The minimum atomic E-state index is -0.503. The summed E-state index contributed by atoms with van der Waals surface area (Å²) in [7, 11) is 0. The van der Waals surface area contributed by atoms with Gasteiger partial charge in [0.05, 0.1) is 18.8 Å². The van der Waals surface area contributed by atoms with Crippen molar-refractivity contribution in [2.24, 2.45) is 5.92 Å². The van der Waals surface area contributed by atoms with E-state index in [9.17, 15) is 5.11 Å². The molecular formula is C16H26BrNO2. The number of ether oxygens (including phenoxy) is 1. The lowest BCUT2D eigenvalue weighted by Crippen LogP contribution is -2.27. The molecule has 2 N–H and O–H groups in total. The van der Waals surface area contributed by atoms with Crippen LogP contribution in [0.2, 0.25) is 0 Å². The van der Waals surface area contributed by atoms with Crippen LogP contribution >= 0.6 is 15.9 Å². The third-order valence-corrected chi connectivity index (χ3v) is 3.72. The summed E-state index contributed by atoms with van der Waals surface area (Å²) in [5.41, 5.74) is 2.19. The number of aryl methyl sites for hydroxylation is 1. The topological polar surface area (TPSA) is 41.5 Å². The van der Waals surface area contributed by atoms with E-state index in [2.05, 4.69) is 48.1 Å². The van der Waals surface area contributed by atoms with E-state index in [-0.39, 0.29) is 6.10 Å². The summed E-state index contributed by atoms with van der Waals surface area (Å²) in [6.45, 7) is 9.29. The van der Waals surface area contributed by atoms with Gasteiger partial charge in [0.2, 0.25) is 0 Å². The largest absolute Gasteiger partial charge is 0.389 e. The molecule has 114 valence electrons. The van der Waals surface area contributed by atoms with Crippen LogP contribution < -0.4 is 5.32 Å². The van der Waals surface area contributed by atoms with Gasteiger partial charge in [0, 0.05) is 16.7 Å². The molecule has 4 heteroatoms. The molecule has 0 heterocycles. The normalized spacial score (nSPS) is 14.3. The van der Waals surface area contributed by atoms with Crippen molar-refractivity contribution < 1.29 is 9.84 Å². The van der Waals surface area contributed by atoms with Gasteiger partial charge in [0.15, 0.2) is 0 Å². The van der Waals surface area contributed by atoms with Crippen LogP contribution in [-0.2, 0) is 4.74 Å². The minimum Gasteiger partial charge on any atom is -0.389 e. The van der Waals surface area contributed by atoms with Gasteiger partial charge in [-0.25, -0.2) is 0 Å². The molecule has 0 aliphatic rings. The van der Waals surface area contributed by atoms with Crippen molar-refractivity contribution in [2.45, 2.75) is 46.3 Å². The molecule has 0 bridgehead atoms. The fraction of sp³-hybridized carbons (Fsp3) is 0.625. The molecule has 0 aromatic heterocycles. The quantitative estimate of drug-likeness (QED) is 0.749. The second-order valence-corrected chi connectivity index (χ2v) is 6.65. The average Bonchev–Trinajstić information content (AvgIpc) is 2.36. The highest BCUT2D eigenvalue weighted by atomic mass is 79.9. The molecule has 20 heavy (non-hydrogen) atoms. The molecule has 2 unspecified atom stereocenters. The SMILES string of the molecule is Cc1ccc(Br)c(NCC(O)COC(C)CC(C)C)c1. The molecule has 1 aromatic rings. The number of nitrogens with one attached hydrogen (secondary N) is 1. The van der Waals surface area contributed by atoms with Crippen LogP contribution in [0.5, 0.6) is 0 Å². The van der Waals surface area contributed by atoms with Crippen LogP contribution in [-0.4, -0.2) is 30.5 Å². The zero-order chi connectivity index (χ0) is 15.1. The molecule has 1 rings (SSSR count). The molecular weight excluding hydrogens is 318 g/mol. The van der Waals surface area contributed by atoms with E-state index in [1.807, 2.05) is 19.1 Å².